The van der Waals surface area contributed by atoms with Gasteiger partial charge in [0.2, 0.25) is 0 Å². The first-order valence-corrected chi connectivity index (χ1v) is 4.18. The largest absolute Gasteiger partial charge is 0.481 e. The maximum absolute atomic E-state index is 10.7. The van der Waals surface area contributed by atoms with E-state index in [9.17, 15) is 4.79 Å². The lowest BCUT2D eigenvalue weighted by Gasteiger charge is -2.23. The fraction of sp³-hybridized carbons (Fsp3) is 0.875. The molecule has 2 bridgehead atoms. The van der Waals surface area contributed by atoms with Gasteiger partial charge < -0.3 is 10.8 Å². The maximum Gasteiger partial charge on any atom is 0.308 e. The van der Waals surface area contributed by atoms with Gasteiger partial charge in [0, 0.05) is 6.04 Å². The number of fused-ring (bicyclic) bond motifs is 2. The molecule has 2 aliphatic carbocycles. The third-order valence-electron chi connectivity index (χ3n) is 3.27. The molecule has 0 aromatic rings. The number of nitrogens with two attached hydrogens (primary N) is 1. The van der Waals surface area contributed by atoms with Crippen LogP contribution in [0.4, 0.5) is 0 Å². The molecule has 0 saturated heterocycles. The van der Waals surface area contributed by atoms with Gasteiger partial charge in [0.1, 0.15) is 0 Å². The van der Waals surface area contributed by atoms with Crippen molar-refractivity contribution in [3.05, 3.63) is 0 Å². The lowest BCUT2D eigenvalue weighted by atomic mass is 9.85. The zero-order chi connectivity index (χ0) is 8.01. The standard InChI is InChI=1S/C8H13NO2/c9-7-5-2-1-4(3-5)6(7)8(10)11/h4-7H,1-3,9H2,(H,10,11)/t4-,5+,6-,7+/m0/s1. The quantitative estimate of drug-likeness (QED) is 0.577. The van der Waals surface area contributed by atoms with Gasteiger partial charge in [-0.25, -0.2) is 0 Å². The molecule has 2 rings (SSSR count). The van der Waals surface area contributed by atoms with Gasteiger partial charge in [-0.3, -0.25) is 4.79 Å². The number of carboxylic acids is 1. The molecule has 2 fully saturated rings. The molecule has 0 aromatic heterocycles. The zero-order valence-corrected chi connectivity index (χ0v) is 6.36. The minimum Gasteiger partial charge on any atom is -0.481 e. The molecule has 0 aromatic carbocycles. The Labute approximate surface area is 65.6 Å². The summed E-state index contributed by atoms with van der Waals surface area (Å²) in [5, 5.41) is 8.83. The highest BCUT2D eigenvalue weighted by Crippen LogP contribution is 2.47. The molecule has 2 aliphatic rings. The van der Waals surface area contributed by atoms with Crippen LogP contribution >= 0.6 is 0 Å². The van der Waals surface area contributed by atoms with E-state index < -0.39 is 5.97 Å². The van der Waals surface area contributed by atoms with Crippen molar-refractivity contribution in [2.45, 2.75) is 25.3 Å². The van der Waals surface area contributed by atoms with E-state index in [0.717, 1.165) is 19.3 Å². The molecule has 0 amide bonds. The highest BCUT2D eigenvalue weighted by atomic mass is 16.4. The molecule has 3 nitrogen and oxygen atoms in total. The van der Waals surface area contributed by atoms with Crippen LogP contribution in [0.25, 0.3) is 0 Å². The Morgan fingerprint density at radius 3 is 2.36 bits per heavy atom. The lowest BCUT2D eigenvalue weighted by molar-refractivity contribution is -0.144. The van der Waals surface area contributed by atoms with Crippen LogP contribution < -0.4 is 5.73 Å². The van der Waals surface area contributed by atoms with E-state index in [1.807, 2.05) is 0 Å². The van der Waals surface area contributed by atoms with Crippen LogP contribution in [-0.2, 0) is 4.79 Å². The summed E-state index contributed by atoms with van der Waals surface area (Å²) in [5.41, 5.74) is 5.78. The average molecular weight is 155 g/mol. The Hall–Kier alpha value is -0.570. The molecular weight excluding hydrogens is 142 g/mol. The van der Waals surface area contributed by atoms with Crippen molar-refractivity contribution in [3.8, 4) is 0 Å². The van der Waals surface area contributed by atoms with Gasteiger partial charge >= 0.3 is 5.97 Å². The summed E-state index contributed by atoms with van der Waals surface area (Å²) in [4.78, 5) is 10.7. The Morgan fingerprint density at radius 1 is 1.36 bits per heavy atom. The minimum absolute atomic E-state index is 0.0637. The van der Waals surface area contributed by atoms with Gasteiger partial charge in [-0.2, -0.15) is 0 Å². The number of carbonyl (C=O) groups is 1. The normalized spacial score (nSPS) is 48.1. The maximum atomic E-state index is 10.7. The Kier molecular flexibility index (Phi) is 1.42. The number of rotatable bonds is 1. The summed E-state index contributed by atoms with van der Waals surface area (Å²) in [6, 6.07) is -0.0637. The van der Waals surface area contributed by atoms with Gasteiger partial charge in [-0.15, -0.1) is 0 Å². The third-order valence-corrected chi connectivity index (χ3v) is 3.27. The second-order valence-corrected chi connectivity index (χ2v) is 3.77. The van der Waals surface area contributed by atoms with Crippen molar-refractivity contribution >= 4 is 5.97 Å². The highest BCUT2D eigenvalue weighted by Gasteiger charge is 2.49. The minimum atomic E-state index is -0.690. The molecule has 0 aliphatic heterocycles. The Balaban J connectivity index is 2.17. The molecule has 0 spiro atoms. The fourth-order valence-corrected chi connectivity index (χ4v) is 2.70. The predicted molar refractivity (Wildman–Crippen MR) is 39.9 cm³/mol. The smallest absolute Gasteiger partial charge is 0.308 e. The molecule has 11 heavy (non-hydrogen) atoms. The van der Waals surface area contributed by atoms with E-state index in [0.29, 0.717) is 11.8 Å². The monoisotopic (exact) mass is 155 g/mol. The molecule has 2 saturated carbocycles. The second-order valence-electron chi connectivity index (χ2n) is 3.77. The van der Waals surface area contributed by atoms with E-state index in [4.69, 9.17) is 10.8 Å². The van der Waals surface area contributed by atoms with E-state index in [2.05, 4.69) is 0 Å². The van der Waals surface area contributed by atoms with Crippen LogP contribution in [0.2, 0.25) is 0 Å². The number of hydrogen-bond acceptors (Lipinski definition) is 2. The summed E-state index contributed by atoms with van der Waals surface area (Å²) in [7, 11) is 0. The molecule has 0 heterocycles. The first-order valence-electron chi connectivity index (χ1n) is 4.18. The predicted octanol–water partition coefficient (Wildman–Crippen LogP) is 0.444. The van der Waals surface area contributed by atoms with Crippen LogP contribution in [0.15, 0.2) is 0 Å². The summed E-state index contributed by atoms with van der Waals surface area (Å²) >= 11 is 0. The lowest BCUT2D eigenvalue weighted by Crippen LogP contribution is -2.40. The molecule has 3 N–H and O–H groups in total. The highest BCUT2D eigenvalue weighted by molar-refractivity contribution is 5.72. The van der Waals surface area contributed by atoms with Crippen molar-refractivity contribution in [3.63, 3.8) is 0 Å². The number of hydrogen-bond donors (Lipinski definition) is 2. The fourth-order valence-electron chi connectivity index (χ4n) is 2.70. The Bertz CT molecular complexity index is 191. The zero-order valence-electron chi connectivity index (χ0n) is 6.36. The van der Waals surface area contributed by atoms with Crippen LogP contribution in [0.1, 0.15) is 19.3 Å². The molecule has 0 radical (unpaired) electrons. The van der Waals surface area contributed by atoms with E-state index >= 15 is 0 Å². The topological polar surface area (TPSA) is 63.3 Å². The summed E-state index contributed by atoms with van der Waals surface area (Å²) in [5.74, 6) is -0.0490. The van der Waals surface area contributed by atoms with Crippen molar-refractivity contribution in [1.29, 1.82) is 0 Å². The molecule has 3 heteroatoms. The van der Waals surface area contributed by atoms with Crippen LogP contribution in [-0.4, -0.2) is 17.1 Å². The first-order chi connectivity index (χ1) is 5.20. The van der Waals surface area contributed by atoms with Gasteiger partial charge in [0.05, 0.1) is 5.92 Å². The summed E-state index contributed by atoms with van der Waals surface area (Å²) in [6.45, 7) is 0. The van der Waals surface area contributed by atoms with Gasteiger partial charge in [-0.1, -0.05) is 0 Å². The SMILES string of the molecule is N[C@@H]1[C@@H]2CC[C@@H](C2)[C@@H]1C(=O)O. The average Bonchev–Trinajstić information content (AvgIpc) is 2.44. The molecule has 62 valence electrons. The van der Waals surface area contributed by atoms with Crippen molar-refractivity contribution in [1.82, 2.24) is 0 Å². The second kappa shape index (κ2) is 2.21. The van der Waals surface area contributed by atoms with E-state index in [-0.39, 0.29) is 12.0 Å². The Morgan fingerprint density at radius 2 is 2.00 bits per heavy atom. The number of carboxylic acid groups (broad SMARTS) is 1. The van der Waals surface area contributed by atoms with Crippen LogP contribution in [0, 0.1) is 17.8 Å². The van der Waals surface area contributed by atoms with Crippen molar-refractivity contribution in [2.75, 3.05) is 0 Å². The summed E-state index contributed by atoms with van der Waals surface area (Å²) in [6.07, 6.45) is 3.28. The first kappa shape index (κ1) is 7.10. The molecule has 0 unspecified atom stereocenters. The van der Waals surface area contributed by atoms with Gasteiger partial charge in [0.15, 0.2) is 0 Å². The van der Waals surface area contributed by atoms with Crippen molar-refractivity contribution < 1.29 is 9.90 Å². The molecule has 4 atom stereocenters. The van der Waals surface area contributed by atoms with E-state index in [1.54, 1.807) is 0 Å². The van der Waals surface area contributed by atoms with Gasteiger partial charge in [0.25, 0.3) is 0 Å². The third kappa shape index (κ3) is 0.872. The van der Waals surface area contributed by atoms with E-state index in [1.165, 1.54) is 0 Å². The van der Waals surface area contributed by atoms with Crippen LogP contribution in [0.3, 0.4) is 0 Å². The number of aliphatic carboxylic acids is 1. The van der Waals surface area contributed by atoms with Crippen molar-refractivity contribution in [2.24, 2.45) is 23.5 Å². The van der Waals surface area contributed by atoms with Crippen LogP contribution in [0.5, 0.6) is 0 Å². The summed E-state index contributed by atoms with van der Waals surface area (Å²) < 4.78 is 0. The van der Waals surface area contributed by atoms with Gasteiger partial charge in [-0.05, 0) is 31.1 Å². The molecular formula is C8H13NO2.